The zero-order chi connectivity index (χ0) is 12.0. The highest BCUT2D eigenvalue weighted by atomic mass is 28.4. The third-order valence-corrected chi connectivity index (χ3v) is 5.16. The average Bonchev–Trinajstić information content (AvgIpc) is 2.26. The maximum atomic E-state index is 12.7. The molecule has 0 saturated heterocycles. The molecule has 0 aliphatic heterocycles. The molecular formula is C13H21FOSi. The van der Waals surface area contributed by atoms with Gasteiger partial charge in [0.25, 0.3) is 0 Å². The van der Waals surface area contributed by atoms with Crippen molar-refractivity contribution < 1.29 is 8.82 Å². The van der Waals surface area contributed by atoms with Crippen LogP contribution < -0.4 is 0 Å². The summed E-state index contributed by atoms with van der Waals surface area (Å²) in [5.74, 6) is -0.189. The van der Waals surface area contributed by atoms with Crippen molar-refractivity contribution in [2.75, 3.05) is 0 Å². The van der Waals surface area contributed by atoms with Crippen LogP contribution in [0.25, 0.3) is 0 Å². The molecule has 0 aromatic heterocycles. The van der Waals surface area contributed by atoms with Gasteiger partial charge >= 0.3 is 0 Å². The molecule has 90 valence electrons. The van der Waals surface area contributed by atoms with Gasteiger partial charge in [0.2, 0.25) is 0 Å². The van der Waals surface area contributed by atoms with Crippen molar-refractivity contribution >= 4 is 8.32 Å². The Hall–Kier alpha value is -0.673. The second kappa shape index (κ2) is 6.16. The first-order chi connectivity index (χ1) is 7.53. The van der Waals surface area contributed by atoms with E-state index < -0.39 is 8.32 Å². The van der Waals surface area contributed by atoms with Gasteiger partial charge in [0, 0.05) is 0 Å². The Morgan fingerprint density at radius 1 is 1.19 bits per heavy atom. The Kier molecular flexibility index (Phi) is 5.15. The summed E-state index contributed by atoms with van der Waals surface area (Å²) in [7, 11) is -1.51. The largest absolute Gasteiger partial charge is 0.413 e. The van der Waals surface area contributed by atoms with Crippen molar-refractivity contribution in [3.05, 3.63) is 35.6 Å². The minimum Gasteiger partial charge on any atom is -0.413 e. The van der Waals surface area contributed by atoms with Crippen LogP contribution >= 0.6 is 0 Å². The molecule has 0 amide bonds. The molecule has 0 N–H and O–H groups in total. The molecule has 0 aliphatic carbocycles. The van der Waals surface area contributed by atoms with E-state index in [9.17, 15) is 4.39 Å². The summed E-state index contributed by atoms with van der Waals surface area (Å²) in [6.45, 7) is 7.30. The van der Waals surface area contributed by atoms with E-state index in [1.165, 1.54) is 31.0 Å². The van der Waals surface area contributed by atoms with Crippen LogP contribution in [-0.4, -0.2) is 8.32 Å². The van der Waals surface area contributed by atoms with Crippen LogP contribution in [-0.2, 0) is 11.0 Å². The zero-order valence-corrected chi connectivity index (χ0v) is 11.4. The molecule has 0 radical (unpaired) electrons. The minimum atomic E-state index is -1.51. The standard InChI is InChI=1S/C13H21FOSi/c1-4-5-10-16(2,3)15-11-12-6-8-13(14)9-7-12/h6-9H,4-5,10-11H2,1-3H3. The third kappa shape index (κ3) is 4.90. The fourth-order valence-corrected chi connectivity index (χ4v) is 3.44. The Morgan fingerprint density at radius 2 is 1.81 bits per heavy atom. The first-order valence-corrected chi connectivity index (χ1v) is 9.03. The summed E-state index contributed by atoms with van der Waals surface area (Å²) in [5.41, 5.74) is 1.05. The third-order valence-electron chi connectivity index (χ3n) is 2.68. The normalized spacial score (nSPS) is 11.8. The molecule has 0 aliphatic rings. The van der Waals surface area contributed by atoms with Crippen molar-refractivity contribution in [2.45, 2.75) is 45.5 Å². The Bertz CT molecular complexity index is 308. The topological polar surface area (TPSA) is 9.23 Å². The lowest BCUT2D eigenvalue weighted by Crippen LogP contribution is -2.29. The highest BCUT2D eigenvalue weighted by Gasteiger charge is 2.21. The Balaban J connectivity index is 2.41. The highest BCUT2D eigenvalue weighted by Crippen LogP contribution is 2.17. The molecule has 0 fully saturated rings. The number of halogens is 1. The number of hydrogen-bond donors (Lipinski definition) is 0. The molecule has 1 aromatic rings. The molecule has 0 atom stereocenters. The van der Waals surface area contributed by atoms with Gasteiger partial charge in [-0.2, -0.15) is 0 Å². The molecule has 1 nitrogen and oxygen atoms in total. The molecule has 0 bridgehead atoms. The van der Waals surface area contributed by atoms with E-state index in [-0.39, 0.29) is 5.82 Å². The lowest BCUT2D eigenvalue weighted by Gasteiger charge is -2.22. The van der Waals surface area contributed by atoms with Crippen LogP contribution in [0.2, 0.25) is 19.1 Å². The van der Waals surface area contributed by atoms with Gasteiger partial charge in [-0.1, -0.05) is 31.9 Å². The van der Waals surface area contributed by atoms with Crippen LogP contribution in [0, 0.1) is 5.82 Å². The second-order valence-corrected chi connectivity index (χ2v) is 9.09. The number of hydrogen-bond acceptors (Lipinski definition) is 1. The molecule has 16 heavy (non-hydrogen) atoms. The summed E-state index contributed by atoms with van der Waals surface area (Å²) < 4.78 is 18.7. The van der Waals surface area contributed by atoms with Crippen molar-refractivity contribution in [2.24, 2.45) is 0 Å². The molecule has 0 unspecified atom stereocenters. The van der Waals surface area contributed by atoms with Gasteiger partial charge in [0.05, 0.1) is 6.61 Å². The second-order valence-electron chi connectivity index (χ2n) is 4.78. The van der Waals surface area contributed by atoms with E-state index in [2.05, 4.69) is 20.0 Å². The lowest BCUT2D eigenvalue weighted by atomic mass is 10.2. The van der Waals surface area contributed by atoms with Crippen molar-refractivity contribution in [3.63, 3.8) is 0 Å². The van der Waals surface area contributed by atoms with Crippen molar-refractivity contribution in [1.82, 2.24) is 0 Å². The number of rotatable bonds is 6. The van der Waals surface area contributed by atoms with E-state index in [1.54, 1.807) is 12.1 Å². The maximum absolute atomic E-state index is 12.7. The zero-order valence-electron chi connectivity index (χ0n) is 10.4. The van der Waals surface area contributed by atoms with Crippen LogP contribution in [0.1, 0.15) is 25.3 Å². The quantitative estimate of drug-likeness (QED) is 0.672. The lowest BCUT2D eigenvalue weighted by molar-refractivity contribution is 0.293. The molecular weight excluding hydrogens is 219 g/mol. The van der Waals surface area contributed by atoms with Crippen molar-refractivity contribution in [3.8, 4) is 0 Å². The molecule has 1 aromatic carbocycles. The SMILES string of the molecule is CCCC[Si](C)(C)OCc1ccc(F)cc1. The predicted molar refractivity (Wildman–Crippen MR) is 68.4 cm³/mol. The Morgan fingerprint density at radius 3 is 2.38 bits per heavy atom. The number of unbranched alkanes of at least 4 members (excludes halogenated alkanes) is 1. The smallest absolute Gasteiger partial charge is 0.187 e. The molecule has 0 saturated carbocycles. The molecule has 0 spiro atoms. The first-order valence-electron chi connectivity index (χ1n) is 5.92. The van der Waals surface area contributed by atoms with Gasteiger partial charge in [-0.3, -0.25) is 0 Å². The van der Waals surface area contributed by atoms with Gasteiger partial charge in [0.15, 0.2) is 8.32 Å². The van der Waals surface area contributed by atoms with E-state index in [4.69, 9.17) is 4.43 Å². The van der Waals surface area contributed by atoms with Crippen LogP contribution in [0.3, 0.4) is 0 Å². The first kappa shape index (κ1) is 13.4. The fraction of sp³-hybridized carbons (Fsp3) is 0.538. The van der Waals surface area contributed by atoms with E-state index in [0.29, 0.717) is 6.61 Å². The van der Waals surface area contributed by atoms with Gasteiger partial charge in [0.1, 0.15) is 5.82 Å². The predicted octanol–water partition coefficient (Wildman–Crippen LogP) is 4.35. The number of benzene rings is 1. The average molecular weight is 240 g/mol. The highest BCUT2D eigenvalue weighted by molar-refractivity contribution is 6.71. The molecule has 0 heterocycles. The van der Waals surface area contributed by atoms with E-state index >= 15 is 0 Å². The maximum Gasteiger partial charge on any atom is 0.187 e. The van der Waals surface area contributed by atoms with Crippen LogP contribution in [0.4, 0.5) is 4.39 Å². The van der Waals surface area contributed by atoms with E-state index in [1.807, 2.05) is 0 Å². The van der Waals surface area contributed by atoms with E-state index in [0.717, 1.165) is 5.56 Å². The van der Waals surface area contributed by atoms with Crippen LogP contribution in [0.15, 0.2) is 24.3 Å². The van der Waals surface area contributed by atoms with Crippen molar-refractivity contribution in [1.29, 1.82) is 0 Å². The Labute approximate surface area is 98.8 Å². The monoisotopic (exact) mass is 240 g/mol. The fourth-order valence-electron chi connectivity index (χ4n) is 1.53. The summed E-state index contributed by atoms with van der Waals surface area (Å²) in [4.78, 5) is 0. The van der Waals surface area contributed by atoms with Gasteiger partial charge < -0.3 is 4.43 Å². The van der Waals surface area contributed by atoms with Crippen LogP contribution in [0.5, 0.6) is 0 Å². The summed E-state index contributed by atoms with van der Waals surface area (Å²) >= 11 is 0. The molecule has 3 heteroatoms. The summed E-state index contributed by atoms with van der Waals surface area (Å²) in [5, 5.41) is 0. The van der Waals surface area contributed by atoms with Gasteiger partial charge in [-0.15, -0.1) is 0 Å². The minimum absolute atomic E-state index is 0.189. The molecule has 1 rings (SSSR count). The van der Waals surface area contributed by atoms with Gasteiger partial charge in [-0.05, 0) is 36.8 Å². The summed E-state index contributed by atoms with van der Waals surface area (Å²) in [6, 6.07) is 7.75. The van der Waals surface area contributed by atoms with Gasteiger partial charge in [-0.25, -0.2) is 4.39 Å². The summed E-state index contributed by atoms with van der Waals surface area (Å²) in [6.07, 6.45) is 2.46.